The van der Waals surface area contributed by atoms with Gasteiger partial charge in [0.2, 0.25) is 11.8 Å². The average molecular weight is 330 g/mol. The maximum atomic E-state index is 13.0. The normalized spacial score (nSPS) is 11.4. The third-order valence-corrected chi connectivity index (χ3v) is 2.83. The van der Waals surface area contributed by atoms with Gasteiger partial charge >= 0.3 is 0 Å². The molecule has 0 heterocycles. The summed E-state index contributed by atoms with van der Waals surface area (Å²) in [5.41, 5.74) is 0.0920. The predicted octanol–water partition coefficient (Wildman–Crippen LogP) is 2.26. The Labute approximate surface area is 134 Å². The highest BCUT2D eigenvalue weighted by Gasteiger charge is 2.16. The van der Waals surface area contributed by atoms with E-state index in [1.165, 1.54) is 18.2 Å². The molecule has 22 heavy (non-hydrogen) atoms. The van der Waals surface area contributed by atoms with Gasteiger partial charge in [0.05, 0.1) is 18.1 Å². The summed E-state index contributed by atoms with van der Waals surface area (Å²) in [6.45, 7) is 5.79. The standard InChI is InChI=1S/C15H21ClFN3O2/c1-15(2,3)19-14(22)9-20(4)8-13(21)18-10-5-6-12(17)11(16)7-10/h5-7H,8-9H2,1-4H3,(H,18,21)(H,19,22). The van der Waals surface area contributed by atoms with Gasteiger partial charge in [-0.1, -0.05) is 11.6 Å². The molecule has 0 fully saturated rings. The van der Waals surface area contributed by atoms with Crippen molar-refractivity contribution in [2.75, 3.05) is 25.5 Å². The quantitative estimate of drug-likeness (QED) is 0.871. The van der Waals surface area contributed by atoms with Crippen molar-refractivity contribution < 1.29 is 14.0 Å². The maximum absolute atomic E-state index is 13.0. The lowest BCUT2D eigenvalue weighted by molar-refractivity contribution is -0.124. The van der Waals surface area contributed by atoms with Crippen LogP contribution in [0, 0.1) is 5.82 Å². The first-order valence-electron chi connectivity index (χ1n) is 6.81. The largest absolute Gasteiger partial charge is 0.350 e. The summed E-state index contributed by atoms with van der Waals surface area (Å²) in [6, 6.07) is 3.94. The number of carbonyl (C=O) groups is 2. The van der Waals surface area contributed by atoms with Crippen LogP contribution in [0.5, 0.6) is 0 Å². The third-order valence-electron chi connectivity index (χ3n) is 2.54. The molecule has 0 unspecified atom stereocenters. The highest BCUT2D eigenvalue weighted by atomic mass is 35.5. The minimum absolute atomic E-state index is 0.0343. The van der Waals surface area contributed by atoms with E-state index in [4.69, 9.17) is 11.6 Å². The van der Waals surface area contributed by atoms with Crippen molar-refractivity contribution in [2.45, 2.75) is 26.3 Å². The second-order valence-corrected chi connectivity index (χ2v) is 6.55. The molecule has 0 aliphatic carbocycles. The lowest BCUT2D eigenvalue weighted by atomic mass is 10.1. The summed E-state index contributed by atoms with van der Waals surface area (Å²) in [4.78, 5) is 25.2. The lowest BCUT2D eigenvalue weighted by Gasteiger charge is -2.23. The molecule has 0 radical (unpaired) electrons. The first-order valence-corrected chi connectivity index (χ1v) is 7.19. The molecule has 0 atom stereocenters. The van der Waals surface area contributed by atoms with Gasteiger partial charge in [0.25, 0.3) is 0 Å². The van der Waals surface area contributed by atoms with Crippen LogP contribution in [0.15, 0.2) is 18.2 Å². The Hall–Kier alpha value is -1.66. The number of carbonyl (C=O) groups excluding carboxylic acids is 2. The van der Waals surface area contributed by atoms with Gasteiger partial charge in [0.1, 0.15) is 5.82 Å². The van der Waals surface area contributed by atoms with Crippen molar-refractivity contribution in [3.8, 4) is 0 Å². The molecule has 7 heteroatoms. The minimum atomic E-state index is -0.546. The number of halogens is 2. The zero-order chi connectivity index (χ0) is 16.9. The number of likely N-dealkylation sites (N-methyl/N-ethyl adjacent to an activating group) is 1. The van der Waals surface area contributed by atoms with Gasteiger partial charge in [-0.05, 0) is 46.0 Å². The second-order valence-electron chi connectivity index (χ2n) is 6.15. The number of nitrogens with one attached hydrogen (secondary N) is 2. The Morgan fingerprint density at radius 1 is 1.23 bits per heavy atom. The zero-order valence-electron chi connectivity index (χ0n) is 13.2. The Kier molecular flexibility index (Phi) is 6.32. The highest BCUT2D eigenvalue weighted by Crippen LogP contribution is 2.19. The molecule has 2 N–H and O–H groups in total. The van der Waals surface area contributed by atoms with Crippen LogP contribution in [-0.2, 0) is 9.59 Å². The van der Waals surface area contributed by atoms with Gasteiger partial charge in [-0.15, -0.1) is 0 Å². The van der Waals surface area contributed by atoms with Crippen molar-refractivity contribution in [3.05, 3.63) is 29.0 Å². The van der Waals surface area contributed by atoms with Gasteiger partial charge in [-0.25, -0.2) is 4.39 Å². The predicted molar refractivity (Wildman–Crippen MR) is 85.4 cm³/mol. The summed E-state index contributed by atoms with van der Waals surface area (Å²) in [5, 5.41) is 5.35. The number of hydrogen-bond acceptors (Lipinski definition) is 3. The number of nitrogens with zero attached hydrogens (tertiary/aromatic N) is 1. The van der Waals surface area contributed by atoms with Crippen molar-refractivity contribution in [1.29, 1.82) is 0 Å². The summed E-state index contributed by atoms with van der Waals surface area (Å²) >= 11 is 5.64. The molecule has 0 aromatic heterocycles. The molecular formula is C15H21ClFN3O2. The van der Waals surface area contributed by atoms with Gasteiger partial charge in [0, 0.05) is 11.2 Å². The number of benzene rings is 1. The zero-order valence-corrected chi connectivity index (χ0v) is 13.9. The van der Waals surface area contributed by atoms with Crippen LogP contribution in [0.3, 0.4) is 0 Å². The van der Waals surface area contributed by atoms with Crippen LogP contribution in [0.4, 0.5) is 10.1 Å². The Balaban J connectivity index is 2.47. The summed E-state index contributed by atoms with van der Waals surface area (Å²) in [5.74, 6) is -1.02. The SMILES string of the molecule is CN(CC(=O)Nc1ccc(F)c(Cl)c1)CC(=O)NC(C)(C)C. The van der Waals surface area contributed by atoms with Crippen LogP contribution < -0.4 is 10.6 Å². The fourth-order valence-electron chi connectivity index (χ4n) is 1.78. The monoisotopic (exact) mass is 329 g/mol. The van der Waals surface area contributed by atoms with Gasteiger partial charge in [-0.3, -0.25) is 14.5 Å². The summed E-state index contributed by atoms with van der Waals surface area (Å²) in [7, 11) is 1.67. The van der Waals surface area contributed by atoms with Crippen LogP contribution in [-0.4, -0.2) is 42.4 Å². The van der Waals surface area contributed by atoms with E-state index >= 15 is 0 Å². The molecule has 0 aliphatic heterocycles. The smallest absolute Gasteiger partial charge is 0.238 e. The molecule has 0 saturated carbocycles. The molecule has 0 aliphatic rings. The van der Waals surface area contributed by atoms with Gasteiger partial charge in [-0.2, -0.15) is 0 Å². The first kappa shape index (κ1) is 18.4. The molecule has 0 bridgehead atoms. The molecule has 5 nitrogen and oxygen atoms in total. The van der Waals surface area contributed by atoms with E-state index in [0.717, 1.165) is 0 Å². The van der Waals surface area contributed by atoms with E-state index < -0.39 is 5.82 Å². The highest BCUT2D eigenvalue weighted by molar-refractivity contribution is 6.31. The van der Waals surface area contributed by atoms with Crippen molar-refractivity contribution >= 4 is 29.1 Å². The number of rotatable bonds is 5. The van der Waals surface area contributed by atoms with Crippen molar-refractivity contribution in [2.24, 2.45) is 0 Å². The van der Waals surface area contributed by atoms with E-state index in [0.29, 0.717) is 5.69 Å². The Morgan fingerprint density at radius 3 is 2.36 bits per heavy atom. The maximum Gasteiger partial charge on any atom is 0.238 e. The van der Waals surface area contributed by atoms with Crippen LogP contribution in [0.25, 0.3) is 0 Å². The molecule has 2 amide bonds. The molecule has 1 rings (SSSR count). The number of hydrogen-bond donors (Lipinski definition) is 2. The molecule has 1 aromatic carbocycles. The van der Waals surface area contributed by atoms with E-state index in [9.17, 15) is 14.0 Å². The van der Waals surface area contributed by atoms with Gasteiger partial charge < -0.3 is 10.6 Å². The van der Waals surface area contributed by atoms with Crippen LogP contribution in [0.2, 0.25) is 5.02 Å². The summed E-state index contributed by atoms with van der Waals surface area (Å²) in [6.07, 6.45) is 0. The fourth-order valence-corrected chi connectivity index (χ4v) is 1.96. The third kappa shape index (κ3) is 6.87. The fraction of sp³-hybridized carbons (Fsp3) is 0.467. The van der Waals surface area contributed by atoms with E-state index in [1.807, 2.05) is 20.8 Å². The van der Waals surface area contributed by atoms with Crippen LogP contribution in [0.1, 0.15) is 20.8 Å². The summed E-state index contributed by atoms with van der Waals surface area (Å²) < 4.78 is 13.0. The Bertz CT molecular complexity index is 558. The molecule has 0 saturated heterocycles. The van der Waals surface area contributed by atoms with E-state index in [-0.39, 0.29) is 35.5 Å². The average Bonchev–Trinajstić information content (AvgIpc) is 2.30. The molecular weight excluding hydrogens is 309 g/mol. The second kappa shape index (κ2) is 7.56. The van der Waals surface area contributed by atoms with Crippen LogP contribution >= 0.6 is 11.6 Å². The minimum Gasteiger partial charge on any atom is -0.350 e. The number of anilines is 1. The molecule has 122 valence electrons. The van der Waals surface area contributed by atoms with Gasteiger partial charge in [0.15, 0.2) is 0 Å². The van der Waals surface area contributed by atoms with E-state index in [1.54, 1.807) is 11.9 Å². The topological polar surface area (TPSA) is 61.4 Å². The lowest BCUT2D eigenvalue weighted by Crippen LogP contribution is -2.46. The number of amides is 2. The van der Waals surface area contributed by atoms with Crippen molar-refractivity contribution in [3.63, 3.8) is 0 Å². The van der Waals surface area contributed by atoms with Crippen molar-refractivity contribution in [1.82, 2.24) is 10.2 Å². The van der Waals surface area contributed by atoms with E-state index in [2.05, 4.69) is 10.6 Å². The molecule has 1 aromatic rings. The first-order chi connectivity index (χ1) is 10.1. The Morgan fingerprint density at radius 2 is 1.82 bits per heavy atom. The molecule has 0 spiro atoms.